The van der Waals surface area contributed by atoms with Gasteiger partial charge in [0, 0.05) is 29.9 Å². The van der Waals surface area contributed by atoms with Crippen molar-refractivity contribution in [3.8, 4) is 0 Å². The van der Waals surface area contributed by atoms with Gasteiger partial charge in [0.05, 0.1) is 12.0 Å². The molecule has 1 N–H and O–H groups in total. The molecule has 2 rings (SSSR count). The maximum Gasteiger partial charge on any atom is 0.154 e. The number of nitrogens with one attached hydrogen (secondary N) is 1. The number of aromatic nitrogens is 5. The van der Waals surface area contributed by atoms with E-state index in [9.17, 15) is 4.79 Å². The lowest BCUT2D eigenvalue weighted by atomic mass is 9.81. The molecule has 0 amide bonds. The van der Waals surface area contributed by atoms with Crippen LogP contribution in [0.5, 0.6) is 0 Å². The van der Waals surface area contributed by atoms with Gasteiger partial charge in [-0.05, 0) is 19.3 Å². The molecular formula is C16H25N5O. The molecule has 120 valence electrons. The number of imidazole rings is 1. The minimum atomic E-state index is -0.350. The first-order valence-electron chi connectivity index (χ1n) is 7.69. The lowest BCUT2D eigenvalue weighted by Crippen LogP contribution is -2.21. The summed E-state index contributed by atoms with van der Waals surface area (Å²) in [5.41, 5.74) is 1.79. The number of rotatable bonds is 7. The molecule has 0 radical (unpaired) electrons. The number of hydrogen-bond donors (Lipinski definition) is 1. The van der Waals surface area contributed by atoms with Gasteiger partial charge in [0.2, 0.25) is 0 Å². The zero-order valence-corrected chi connectivity index (χ0v) is 14.0. The summed E-state index contributed by atoms with van der Waals surface area (Å²) in [6, 6.07) is -0.350. The van der Waals surface area contributed by atoms with E-state index in [1.807, 2.05) is 6.20 Å². The van der Waals surface area contributed by atoms with Crippen molar-refractivity contribution < 1.29 is 4.79 Å². The predicted octanol–water partition coefficient (Wildman–Crippen LogP) is 2.70. The van der Waals surface area contributed by atoms with Gasteiger partial charge in [-0.25, -0.2) is 9.67 Å². The van der Waals surface area contributed by atoms with E-state index in [4.69, 9.17) is 0 Å². The van der Waals surface area contributed by atoms with Gasteiger partial charge in [-0.1, -0.05) is 32.9 Å². The molecule has 0 aliphatic heterocycles. The Bertz CT molecular complexity index is 612. The Kier molecular flexibility index (Phi) is 4.78. The van der Waals surface area contributed by atoms with Crippen molar-refractivity contribution in [3.05, 3.63) is 30.1 Å². The van der Waals surface area contributed by atoms with Crippen molar-refractivity contribution in [2.45, 2.75) is 58.9 Å². The van der Waals surface area contributed by atoms with E-state index in [-0.39, 0.29) is 17.2 Å². The standard InChI is InChI=1S/C16H25N5O/c1-11(2)7-16(4,5)15-9-21(20-19-15)14(12(3)22)6-13-8-17-10-18-13/h8-11,14H,6-7H2,1-5H3,(H,17,18)/t14-/m0/s1. The quantitative estimate of drug-likeness (QED) is 0.853. The number of hydrogen-bond acceptors (Lipinski definition) is 4. The third-order valence-electron chi connectivity index (χ3n) is 3.88. The fourth-order valence-electron chi connectivity index (χ4n) is 2.89. The minimum absolute atomic E-state index is 0.0538. The third-order valence-corrected chi connectivity index (χ3v) is 3.88. The van der Waals surface area contributed by atoms with E-state index in [0.717, 1.165) is 17.8 Å². The smallest absolute Gasteiger partial charge is 0.154 e. The van der Waals surface area contributed by atoms with Crippen LogP contribution in [0.1, 0.15) is 58.5 Å². The lowest BCUT2D eigenvalue weighted by molar-refractivity contribution is -0.120. The second kappa shape index (κ2) is 6.42. The summed E-state index contributed by atoms with van der Waals surface area (Å²) < 4.78 is 1.68. The molecule has 2 heterocycles. The van der Waals surface area contributed by atoms with E-state index < -0.39 is 0 Å². The van der Waals surface area contributed by atoms with E-state index in [1.54, 1.807) is 24.1 Å². The van der Waals surface area contributed by atoms with Gasteiger partial charge in [0.1, 0.15) is 6.04 Å². The number of H-pyrrole nitrogens is 1. The SMILES string of the molecule is CC(=O)[C@H](Cc1cnc[nH]1)n1cc(C(C)(C)CC(C)C)nn1. The largest absolute Gasteiger partial charge is 0.348 e. The molecule has 6 nitrogen and oxygen atoms in total. The Morgan fingerprint density at radius 3 is 2.68 bits per heavy atom. The van der Waals surface area contributed by atoms with Crippen molar-refractivity contribution in [2.75, 3.05) is 0 Å². The average Bonchev–Trinajstić information content (AvgIpc) is 3.05. The summed E-state index contributed by atoms with van der Waals surface area (Å²) in [4.78, 5) is 19.0. The summed E-state index contributed by atoms with van der Waals surface area (Å²) in [5, 5.41) is 8.51. The number of Topliss-reactive ketones (excluding diaryl/α,β-unsaturated/α-hetero) is 1. The maximum atomic E-state index is 12.0. The third kappa shape index (κ3) is 3.81. The molecule has 0 unspecified atom stereocenters. The molecule has 0 aliphatic carbocycles. The molecule has 0 saturated carbocycles. The van der Waals surface area contributed by atoms with Gasteiger partial charge in [0.25, 0.3) is 0 Å². The number of carbonyl (C=O) groups is 1. The minimum Gasteiger partial charge on any atom is -0.348 e. The monoisotopic (exact) mass is 303 g/mol. The highest BCUT2D eigenvalue weighted by atomic mass is 16.1. The molecule has 0 fully saturated rings. The van der Waals surface area contributed by atoms with Crippen LogP contribution in [-0.2, 0) is 16.6 Å². The zero-order chi connectivity index (χ0) is 16.3. The van der Waals surface area contributed by atoms with E-state index in [1.165, 1.54) is 0 Å². The van der Waals surface area contributed by atoms with E-state index in [2.05, 4.69) is 48.0 Å². The molecule has 2 aromatic heterocycles. The summed E-state index contributed by atoms with van der Waals surface area (Å²) >= 11 is 0. The predicted molar refractivity (Wildman–Crippen MR) is 84.5 cm³/mol. The van der Waals surface area contributed by atoms with E-state index >= 15 is 0 Å². The Hall–Kier alpha value is -1.98. The van der Waals surface area contributed by atoms with Crippen LogP contribution in [0.2, 0.25) is 0 Å². The number of nitrogens with zero attached hydrogens (tertiary/aromatic N) is 4. The van der Waals surface area contributed by atoms with Crippen LogP contribution in [0.25, 0.3) is 0 Å². The zero-order valence-electron chi connectivity index (χ0n) is 14.0. The summed E-state index contributed by atoms with van der Waals surface area (Å²) in [5.74, 6) is 0.640. The van der Waals surface area contributed by atoms with Crippen LogP contribution in [0.15, 0.2) is 18.7 Å². The Morgan fingerprint density at radius 1 is 1.41 bits per heavy atom. The molecule has 0 bridgehead atoms. The molecule has 1 atom stereocenters. The van der Waals surface area contributed by atoms with Crippen LogP contribution in [0.4, 0.5) is 0 Å². The van der Waals surface area contributed by atoms with Gasteiger partial charge >= 0.3 is 0 Å². The topological polar surface area (TPSA) is 76.5 Å². The van der Waals surface area contributed by atoms with Gasteiger partial charge in [-0.2, -0.15) is 0 Å². The maximum absolute atomic E-state index is 12.0. The van der Waals surface area contributed by atoms with Crippen molar-refractivity contribution >= 4 is 5.78 Å². The fourth-order valence-corrected chi connectivity index (χ4v) is 2.89. The van der Waals surface area contributed by atoms with Crippen molar-refractivity contribution in [1.82, 2.24) is 25.0 Å². The first-order valence-corrected chi connectivity index (χ1v) is 7.69. The van der Waals surface area contributed by atoms with Crippen LogP contribution >= 0.6 is 0 Å². The number of ketones is 1. The van der Waals surface area contributed by atoms with Crippen LogP contribution in [0, 0.1) is 5.92 Å². The summed E-state index contributed by atoms with van der Waals surface area (Å²) in [6.45, 7) is 10.3. The molecule has 0 aromatic carbocycles. The molecule has 2 aromatic rings. The summed E-state index contributed by atoms with van der Waals surface area (Å²) in [6.07, 6.45) is 6.83. The summed E-state index contributed by atoms with van der Waals surface area (Å²) in [7, 11) is 0. The fraction of sp³-hybridized carbons (Fsp3) is 0.625. The van der Waals surface area contributed by atoms with Gasteiger partial charge in [-0.3, -0.25) is 4.79 Å². The van der Waals surface area contributed by atoms with Crippen molar-refractivity contribution in [2.24, 2.45) is 5.92 Å². The Labute approximate surface area is 131 Å². The lowest BCUT2D eigenvalue weighted by Gasteiger charge is -2.23. The first-order chi connectivity index (χ1) is 10.3. The average molecular weight is 303 g/mol. The van der Waals surface area contributed by atoms with Gasteiger partial charge < -0.3 is 4.98 Å². The van der Waals surface area contributed by atoms with Crippen LogP contribution in [0.3, 0.4) is 0 Å². The number of carbonyl (C=O) groups excluding carboxylic acids is 1. The highest BCUT2D eigenvalue weighted by Gasteiger charge is 2.27. The normalized spacial score (nSPS) is 13.5. The number of aromatic amines is 1. The first kappa shape index (κ1) is 16.4. The van der Waals surface area contributed by atoms with Crippen molar-refractivity contribution in [1.29, 1.82) is 0 Å². The van der Waals surface area contributed by atoms with Gasteiger partial charge in [-0.15, -0.1) is 5.10 Å². The van der Waals surface area contributed by atoms with Crippen LogP contribution < -0.4 is 0 Å². The van der Waals surface area contributed by atoms with E-state index in [0.29, 0.717) is 12.3 Å². The molecular weight excluding hydrogens is 278 g/mol. The second-order valence-corrected chi connectivity index (χ2v) is 6.97. The van der Waals surface area contributed by atoms with Crippen molar-refractivity contribution in [3.63, 3.8) is 0 Å². The molecule has 0 saturated heterocycles. The molecule has 6 heteroatoms. The van der Waals surface area contributed by atoms with Gasteiger partial charge in [0.15, 0.2) is 5.78 Å². The second-order valence-electron chi connectivity index (χ2n) is 6.97. The molecule has 0 spiro atoms. The molecule has 0 aliphatic rings. The Balaban J connectivity index is 2.22. The highest BCUT2D eigenvalue weighted by Crippen LogP contribution is 2.29. The highest BCUT2D eigenvalue weighted by molar-refractivity contribution is 5.80. The molecule has 22 heavy (non-hydrogen) atoms. The Morgan fingerprint density at radius 2 is 2.14 bits per heavy atom. The van der Waals surface area contributed by atoms with Crippen LogP contribution in [-0.4, -0.2) is 30.7 Å².